The average molecular weight is 257 g/mol. The van der Waals surface area contributed by atoms with Crippen molar-refractivity contribution in [1.29, 1.82) is 0 Å². The van der Waals surface area contributed by atoms with Gasteiger partial charge in [0.1, 0.15) is 5.82 Å². The van der Waals surface area contributed by atoms with E-state index in [9.17, 15) is 14.0 Å². The minimum Gasteiger partial charge on any atom is -0.468 e. The maximum atomic E-state index is 13.2. The number of hydrogen-bond donors (Lipinski definition) is 1. The molecule has 0 heterocycles. The van der Waals surface area contributed by atoms with Gasteiger partial charge >= 0.3 is 5.97 Å². The zero-order valence-electron chi connectivity index (χ0n) is 9.23. The first-order valence-corrected chi connectivity index (χ1v) is 5.98. The van der Waals surface area contributed by atoms with Crippen molar-refractivity contribution < 1.29 is 18.7 Å². The quantitative estimate of drug-likeness (QED) is 0.815. The average Bonchev–Trinajstić information content (AvgIpc) is 2.32. The maximum Gasteiger partial charge on any atom is 0.315 e. The number of ether oxygens (including phenoxy) is 1. The third-order valence-corrected chi connectivity index (χ3v) is 2.73. The number of thioether (sulfide) groups is 1. The summed E-state index contributed by atoms with van der Waals surface area (Å²) < 4.78 is 17.6. The number of anilines is 1. The van der Waals surface area contributed by atoms with E-state index in [4.69, 9.17) is 0 Å². The van der Waals surface area contributed by atoms with Crippen LogP contribution in [-0.4, -0.2) is 30.5 Å². The van der Waals surface area contributed by atoms with Crippen molar-refractivity contribution >= 4 is 29.3 Å². The van der Waals surface area contributed by atoms with Gasteiger partial charge in [-0.15, -0.1) is 11.8 Å². The summed E-state index contributed by atoms with van der Waals surface area (Å²) in [7, 11) is 1.28. The second-order valence-electron chi connectivity index (χ2n) is 3.10. The van der Waals surface area contributed by atoms with E-state index in [0.717, 1.165) is 11.8 Å². The third-order valence-electron chi connectivity index (χ3n) is 1.83. The van der Waals surface area contributed by atoms with Gasteiger partial charge in [0.25, 0.3) is 0 Å². The summed E-state index contributed by atoms with van der Waals surface area (Å²) in [6.07, 6.45) is 0. The Morgan fingerprint density at radius 3 is 2.71 bits per heavy atom. The van der Waals surface area contributed by atoms with Gasteiger partial charge in [-0.3, -0.25) is 9.59 Å². The molecule has 1 amide bonds. The van der Waals surface area contributed by atoms with Gasteiger partial charge in [-0.25, -0.2) is 4.39 Å². The van der Waals surface area contributed by atoms with E-state index in [0.29, 0.717) is 0 Å². The number of benzene rings is 1. The number of rotatable bonds is 5. The highest BCUT2D eigenvalue weighted by Gasteiger charge is 2.07. The fourth-order valence-electron chi connectivity index (χ4n) is 1.03. The number of methoxy groups -OCH3 is 1. The van der Waals surface area contributed by atoms with Crippen molar-refractivity contribution in [2.24, 2.45) is 0 Å². The monoisotopic (exact) mass is 257 g/mol. The zero-order chi connectivity index (χ0) is 12.7. The zero-order valence-corrected chi connectivity index (χ0v) is 10.1. The van der Waals surface area contributed by atoms with Crippen molar-refractivity contribution in [2.75, 3.05) is 23.9 Å². The molecule has 17 heavy (non-hydrogen) atoms. The van der Waals surface area contributed by atoms with Crippen LogP contribution in [0.5, 0.6) is 0 Å². The number of para-hydroxylation sites is 1. The molecule has 0 saturated carbocycles. The highest BCUT2D eigenvalue weighted by Crippen LogP contribution is 2.12. The molecule has 0 aliphatic heterocycles. The van der Waals surface area contributed by atoms with Crippen LogP contribution < -0.4 is 5.32 Å². The number of esters is 1. The topological polar surface area (TPSA) is 55.4 Å². The van der Waals surface area contributed by atoms with Crippen LogP contribution in [0.4, 0.5) is 10.1 Å². The molecular formula is C11H12FNO3S. The van der Waals surface area contributed by atoms with E-state index in [-0.39, 0.29) is 23.1 Å². The summed E-state index contributed by atoms with van der Waals surface area (Å²) in [5.41, 5.74) is 0.135. The molecule has 0 saturated heterocycles. The molecule has 0 aliphatic rings. The molecule has 0 spiro atoms. The van der Waals surface area contributed by atoms with Gasteiger partial charge in [-0.05, 0) is 12.1 Å². The second-order valence-corrected chi connectivity index (χ2v) is 4.08. The molecule has 0 atom stereocenters. The Balaban J connectivity index is 2.35. The Bertz CT molecular complexity index is 411. The van der Waals surface area contributed by atoms with Gasteiger partial charge in [-0.2, -0.15) is 0 Å². The molecule has 1 aromatic rings. The molecule has 0 unspecified atom stereocenters. The van der Waals surface area contributed by atoms with Gasteiger partial charge < -0.3 is 10.1 Å². The van der Waals surface area contributed by atoms with Gasteiger partial charge in [0.15, 0.2) is 0 Å². The first kappa shape index (κ1) is 13.5. The van der Waals surface area contributed by atoms with Crippen molar-refractivity contribution in [3.8, 4) is 0 Å². The predicted octanol–water partition coefficient (Wildman–Crippen LogP) is 1.67. The lowest BCUT2D eigenvalue weighted by Gasteiger charge is -2.05. The lowest BCUT2D eigenvalue weighted by Crippen LogP contribution is -2.16. The van der Waals surface area contributed by atoms with Crippen molar-refractivity contribution in [3.05, 3.63) is 30.1 Å². The normalized spacial score (nSPS) is 9.76. The first-order valence-electron chi connectivity index (χ1n) is 4.82. The van der Waals surface area contributed by atoms with Crippen LogP contribution in [0.25, 0.3) is 0 Å². The summed E-state index contributed by atoms with van der Waals surface area (Å²) in [6, 6.07) is 5.90. The third kappa shape index (κ3) is 4.86. The summed E-state index contributed by atoms with van der Waals surface area (Å²) in [6.45, 7) is 0. The van der Waals surface area contributed by atoms with E-state index in [1.807, 2.05) is 0 Å². The molecule has 0 radical (unpaired) electrons. The van der Waals surface area contributed by atoms with Crippen LogP contribution in [-0.2, 0) is 14.3 Å². The molecule has 92 valence electrons. The van der Waals surface area contributed by atoms with Crippen molar-refractivity contribution in [2.45, 2.75) is 0 Å². The van der Waals surface area contributed by atoms with E-state index in [1.165, 1.54) is 25.3 Å². The number of halogens is 1. The van der Waals surface area contributed by atoms with Crippen LogP contribution in [0, 0.1) is 5.82 Å². The largest absolute Gasteiger partial charge is 0.468 e. The van der Waals surface area contributed by atoms with Gasteiger partial charge in [-0.1, -0.05) is 12.1 Å². The van der Waals surface area contributed by atoms with E-state index in [1.54, 1.807) is 6.07 Å². The lowest BCUT2D eigenvalue weighted by atomic mass is 10.3. The molecule has 0 bridgehead atoms. The van der Waals surface area contributed by atoms with E-state index < -0.39 is 11.8 Å². The lowest BCUT2D eigenvalue weighted by molar-refractivity contribution is -0.137. The number of hydrogen-bond acceptors (Lipinski definition) is 4. The number of carbonyl (C=O) groups excluding carboxylic acids is 2. The Hall–Kier alpha value is -1.56. The SMILES string of the molecule is COC(=O)CSCC(=O)Nc1ccccc1F. The Morgan fingerprint density at radius 2 is 2.06 bits per heavy atom. The smallest absolute Gasteiger partial charge is 0.315 e. The van der Waals surface area contributed by atoms with Crippen LogP contribution in [0.1, 0.15) is 0 Å². The molecule has 0 aromatic heterocycles. The summed E-state index contributed by atoms with van der Waals surface area (Å²) in [5.74, 6) is -1.07. The minimum atomic E-state index is -0.487. The first-order chi connectivity index (χ1) is 8.13. The maximum absolute atomic E-state index is 13.2. The highest BCUT2D eigenvalue weighted by atomic mass is 32.2. The number of amides is 1. The van der Waals surface area contributed by atoms with Gasteiger partial charge in [0, 0.05) is 0 Å². The summed E-state index contributed by atoms with van der Waals surface area (Å²) >= 11 is 1.11. The summed E-state index contributed by atoms with van der Waals surface area (Å²) in [4.78, 5) is 22.2. The fraction of sp³-hybridized carbons (Fsp3) is 0.273. The molecular weight excluding hydrogens is 245 g/mol. The Kier molecular flexibility index (Phi) is 5.48. The molecule has 1 N–H and O–H groups in total. The standard InChI is InChI=1S/C11H12FNO3S/c1-16-11(15)7-17-6-10(14)13-9-5-3-2-4-8(9)12/h2-5H,6-7H2,1H3,(H,13,14). The van der Waals surface area contributed by atoms with Crippen LogP contribution in [0.3, 0.4) is 0 Å². The van der Waals surface area contributed by atoms with Gasteiger partial charge in [0.2, 0.25) is 5.91 Å². The van der Waals surface area contributed by atoms with Crippen LogP contribution in [0.15, 0.2) is 24.3 Å². The van der Waals surface area contributed by atoms with E-state index in [2.05, 4.69) is 10.1 Å². The molecule has 4 nitrogen and oxygen atoms in total. The minimum absolute atomic E-state index is 0.0729. The fourth-order valence-corrected chi connectivity index (χ4v) is 1.68. The number of carbonyl (C=O) groups is 2. The second kappa shape index (κ2) is 6.90. The van der Waals surface area contributed by atoms with Gasteiger partial charge in [0.05, 0.1) is 24.3 Å². The van der Waals surface area contributed by atoms with Crippen molar-refractivity contribution in [1.82, 2.24) is 0 Å². The van der Waals surface area contributed by atoms with Crippen LogP contribution in [0.2, 0.25) is 0 Å². The van der Waals surface area contributed by atoms with Crippen molar-refractivity contribution in [3.63, 3.8) is 0 Å². The van der Waals surface area contributed by atoms with Crippen LogP contribution >= 0.6 is 11.8 Å². The molecule has 0 fully saturated rings. The Labute approximate surface area is 103 Å². The molecule has 1 rings (SSSR count). The molecule has 6 heteroatoms. The number of nitrogens with one attached hydrogen (secondary N) is 1. The predicted molar refractivity (Wildman–Crippen MR) is 64.4 cm³/mol. The highest BCUT2D eigenvalue weighted by molar-refractivity contribution is 8.00. The Morgan fingerprint density at radius 1 is 1.35 bits per heavy atom. The molecule has 1 aromatic carbocycles. The summed E-state index contributed by atoms with van der Waals surface area (Å²) in [5, 5.41) is 2.42. The molecule has 0 aliphatic carbocycles. The van der Waals surface area contributed by atoms with E-state index >= 15 is 0 Å².